The van der Waals surface area contributed by atoms with Crippen LogP contribution < -0.4 is 10.1 Å². The van der Waals surface area contributed by atoms with E-state index in [2.05, 4.69) is 25.3 Å². The first-order valence-corrected chi connectivity index (χ1v) is 16.3. The van der Waals surface area contributed by atoms with Gasteiger partial charge in [0.15, 0.2) is 9.84 Å². The van der Waals surface area contributed by atoms with Gasteiger partial charge in [-0.15, -0.1) is 0 Å². The quantitative estimate of drug-likeness (QED) is 0.213. The Balaban J connectivity index is 1.20. The molecule has 232 valence electrons. The number of nitrogens with one attached hydrogen (secondary N) is 2. The topological polar surface area (TPSA) is 139 Å². The predicted octanol–water partition coefficient (Wildman–Crippen LogP) is 5.99. The number of hydrogen-bond donors (Lipinski definition) is 2. The Kier molecular flexibility index (Phi) is 8.15. The van der Waals surface area contributed by atoms with E-state index >= 15 is 0 Å². The second kappa shape index (κ2) is 12.2. The first-order chi connectivity index (χ1) is 21.6. The molecule has 0 unspecified atom stereocenters. The average Bonchev–Trinajstić information content (AvgIpc) is 3.46. The molecule has 2 N–H and O–H groups in total. The lowest BCUT2D eigenvalue weighted by molar-refractivity contribution is 0.0223. The fraction of sp³-hybridized carbons (Fsp3) is 0.273. The van der Waals surface area contributed by atoms with Gasteiger partial charge >= 0.3 is 6.09 Å². The van der Waals surface area contributed by atoms with Crippen LogP contribution in [0.15, 0.2) is 84.3 Å². The molecule has 0 atom stereocenters. The second-order valence-corrected chi connectivity index (χ2v) is 13.9. The Labute approximate surface area is 261 Å². The van der Waals surface area contributed by atoms with Crippen molar-refractivity contribution in [2.45, 2.75) is 44.2 Å². The number of carbonyl (C=O) groups is 1. The molecule has 0 radical (unpaired) electrons. The highest BCUT2D eigenvalue weighted by Crippen LogP contribution is 2.37. The highest BCUT2D eigenvalue weighted by molar-refractivity contribution is 7.91. The average molecular weight is 627 g/mol. The van der Waals surface area contributed by atoms with E-state index < -0.39 is 15.4 Å². The SMILES string of the molecule is CC(C)(C)OC(=O)N1CCc2ccc(Oc3ccnc4[nH]cc(-c5cc(NCCS(=O)(=O)c6ccccc6)ncn5)c34)cc2C1. The highest BCUT2D eigenvalue weighted by Gasteiger charge is 2.26. The van der Waals surface area contributed by atoms with Crippen LogP contribution in [0.4, 0.5) is 10.6 Å². The van der Waals surface area contributed by atoms with E-state index in [1.807, 2.05) is 45.2 Å². The molecule has 4 heterocycles. The third-order valence-electron chi connectivity index (χ3n) is 7.33. The van der Waals surface area contributed by atoms with Crippen LogP contribution in [0.5, 0.6) is 11.5 Å². The predicted molar refractivity (Wildman–Crippen MR) is 171 cm³/mol. The molecule has 1 amide bonds. The van der Waals surface area contributed by atoms with E-state index in [1.54, 1.807) is 53.6 Å². The molecular formula is C33H34N6O5S. The third-order valence-corrected chi connectivity index (χ3v) is 9.06. The summed E-state index contributed by atoms with van der Waals surface area (Å²) in [6, 6.07) is 17.8. The number of H-pyrrole nitrogens is 1. The summed E-state index contributed by atoms with van der Waals surface area (Å²) in [5.41, 5.74) is 3.60. The molecule has 0 fully saturated rings. The van der Waals surface area contributed by atoms with E-state index in [1.165, 1.54) is 11.9 Å². The molecule has 1 aliphatic rings. The minimum absolute atomic E-state index is 0.0817. The number of fused-ring (bicyclic) bond motifs is 2. The minimum Gasteiger partial charge on any atom is -0.457 e. The van der Waals surface area contributed by atoms with Crippen molar-refractivity contribution in [2.75, 3.05) is 24.2 Å². The van der Waals surface area contributed by atoms with Crippen molar-refractivity contribution in [3.63, 3.8) is 0 Å². The van der Waals surface area contributed by atoms with E-state index in [-0.39, 0.29) is 23.3 Å². The molecule has 0 saturated carbocycles. The molecule has 0 saturated heterocycles. The summed E-state index contributed by atoms with van der Waals surface area (Å²) in [7, 11) is -3.43. The van der Waals surface area contributed by atoms with E-state index in [0.29, 0.717) is 41.7 Å². The molecule has 12 heteroatoms. The lowest BCUT2D eigenvalue weighted by Crippen LogP contribution is -2.39. The highest BCUT2D eigenvalue weighted by atomic mass is 32.2. The summed E-state index contributed by atoms with van der Waals surface area (Å²) in [6.45, 7) is 6.79. The molecule has 0 spiro atoms. The maximum Gasteiger partial charge on any atom is 0.410 e. The van der Waals surface area contributed by atoms with Crippen molar-refractivity contribution < 1.29 is 22.7 Å². The fourth-order valence-electron chi connectivity index (χ4n) is 5.18. The number of amides is 1. The third kappa shape index (κ3) is 6.91. The molecular weight excluding hydrogens is 592 g/mol. The standard InChI is InChI=1S/C33H34N6O5S/c1-33(2,3)44-32(40)39-15-12-22-9-10-24(17-23(22)20-39)43-28-11-13-35-31-30(28)26(19-36-31)27-18-29(38-21-37-27)34-14-16-45(41,42)25-7-5-4-6-8-25/h4-11,13,17-19,21H,12,14-16,20H2,1-3H3,(H,35,36)(H,34,37,38). The van der Waals surface area contributed by atoms with Crippen LogP contribution in [0.2, 0.25) is 0 Å². The van der Waals surface area contributed by atoms with Crippen molar-refractivity contribution in [1.29, 1.82) is 0 Å². The molecule has 45 heavy (non-hydrogen) atoms. The Morgan fingerprint density at radius 2 is 1.84 bits per heavy atom. The van der Waals surface area contributed by atoms with Gasteiger partial charge in [0.25, 0.3) is 0 Å². The Bertz CT molecular complexity index is 1950. The summed E-state index contributed by atoms with van der Waals surface area (Å²) in [5.74, 6) is 1.62. The summed E-state index contributed by atoms with van der Waals surface area (Å²) in [5, 5.41) is 3.84. The largest absolute Gasteiger partial charge is 0.457 e. The molecule has 6 rings (SSSR count). The van der Waals surface area contributed by atoms with Crippen molar-refractivity contribution in [3.8, 4) is 22.8 Å². The second-order valence-electron chi connectivity index (χ2n) is 11.8. The zero-order valence-corrected chi connectivity index (χ0v) is 26.1. The van der Waals surface area contributed by atoms with Gasteiger partial charge in [0.05, 0.1) is 21.7 Å². The number of ether oxygens (including phenoxy) is 2. The van der Waals surface area contributed by atoms with E-state index in [0.717, 1.165) is 22.9 Å². The van der Waals surface area contributed by atoms with Gasteiger partial charge in [-0.1, -0.05) is 24.3 Å². The Morgan fingerprint density at radius 1 is 1.02 bits per heavy atom. The van der Waals surface area contributed by atoms with Gasteiger partial charge in [-0.05, 0) is 68.7 Å². The van der Waals surface area contributed by atoms with E-state index in [4.69, 9.17) is 9.47 Å². The number of carbonyl (C=O) groups excluding carboxylic acids is 1. The van der Waals surface area contributed by atoms with Crippen LogP contribution in [0.3, 0.4) is 0 Å². The van der Waals surface area contributed by atoms with Crippen LogP contribution in [-0.4, -0.2) is 63.8 Å². The first-order valence-electron chi connectivity index (χ1n) is 14.6. The van der Waals surface area contributed by atoms with Gasteiger partial charge in [-0.3, -0.25) is 0 Å². The number of pyridine rings is 1. The molecule has 2 aromatic carbocycles. The summed E-state index contributed by atoms with van der Waals surface area (Å²) >= 11 is 0. The van der Waals surface area contributed by atoms with Crippen molar-refractivity contribution in [1.82, 2.24) is 24.8 Å². The van der Waals surface area contributed by atoms with Gasteiger partial charge in [0.2, 0.25) is 0 Å². The number of nitrogens with zero attached hydrogens (tertiary/aromatic N) is 4. The van der Waals surface area contributed by atoms with Gasteiger partial charge in [-0.2, -0.15) is 0 Å². The number of rotatable bonds is 8. The lowest BCUT2D eigenvalue weighted by atomic mass is 10.00. The van der Waals surface area contributed by atoms with Gasteiger partial charge in [0, 0.05) is 43.7 Å². The lowest BCUT2D eigenvalue weighted by Gasteiger charge is -2.31. The zero-order valence-electron chi connectivity index (χ0n) is 25.3. The molecule has 5 aromatic rings. The molecule has 3 aromatic heterocycles. The number of benzene rings is 2. The smallest absolute Gasteiger partial charge is 0.410 e. The minimum atomic E-state index is -3.43. The van der Waals surface area contributed by atoms with Crippen LogP contribution in [0, 0.1) is 0 Å². The summed E-state index contributed by atoms with van der Waals surface area (Å²) in [4.78, 5) is 31.1. The van der Waals surface area contributed by atoms with Crippen molar-refractivity contribution in [2.24, 2.45) is 0 Å². The van der Waals surface area contributed by atoms with Crippen LogP contribution in [-0.2, 0) is 27.5 Å². The monoisotopic (exact) mass is 626 g/mol. The van der Waals surface area contributed by atoms with Gasteiger partial charge in [0.1, 0.15) is 34.9 Å². The number of aromatic amines is 1. The number of anilines is 1. The molecule has 11 nitrogen and oxygen atoms in total. The van der Waals surface area contributed by atoms with E-state index in [9.17, 15) is 13.2 Å². The summed E-state index contributed by atoms with van der Waals surface area (Å²) in [6.07, 6.45) is 5.31. The molecule has 1 aliphatic heterocycles. The van der Waals surface area contributed by atoms with Crippen molar-refractivity contribution in [3.05, 3.63) is 90.5 Å². The number of aromatic nitrogens is 4. The van der Waals surface area contributed by atoms with Crippen LogP contribution >= 0.6 is 0 Å². The number of sulfone groups is 1. The normalized spacial score (nSPS) is 13.4. The van der Waals surface area contributed by atoms with Gasteiger partial charge < -0.3 is 24.7 Å². The maximum atomic E-state index is 12.7. The van der Waals surface area contributed by atoms with Gasteiger partial charge in [-0.25, -0.2) is 28.2 Å². The fourth-order valence-corrected chi connectivity index (χ4v) is 6.36. The van der Waals surface area contributed by atoms with Crippen molar-refractivity contribution >= 4 is 32.8 Å². The Morgan fingerprint density at radius 3 is 2.64 bits per heavy atom. The van der Waals surface area contributed by atoms with Crippen LogP contribution in [0.1, 0.15) is 31.9 Å². The first kappa shape index (κ1) is 30.1. The summed E-state index contributed by atoms with van der Waals surface area (Å²) < 4.78 is 37.3. The Hall–Kier alpha value is -4.97. The zero-order chi connectivity index (χ0) is 31.6. The van der Waals surface area contributed by atoms with Crippen LogP contribution in [0.25, 0.3) is 22.3 Å². The maximum absolute atomic E-state index is 12.7. The molecule has 0 aliphatic carbocycles. The molecule has 0 bridgehead atoms. The number of hydrogen-bond acceptors (Lipinski definition) is 9.